The summed E-state index contributed by atoms with van der Waals surface area (Å²) >= 11 is 0. The zero-order chi connectivity index (χ0) is 12.7. The topological polar surface area (TPSA) is 20.3 Å². The van der Waals surface area contributed by atoms with Crippen LogP contribution in [0.25, 0.3) is 0 Å². The van der Waals surface area contributed by atoms with Gasteiger partial charge in [-0.05, 0) is 12.1 Å². The Morgan fingerprint density at radius 2 is 1.47 bits per heavy atom. The van der Waals surface area contributed by atoms with Crippen LogP contribution in [0.3, 0.4) is 0 Å². The zero-order valence-corrected chi connectivity index (χ0v) is 8.67. The quantitative estimate of drug-likeness (QED) is 0.698. The van der Waals surface area contributed by atoms with Gasteiger partial charge in [-0.3, -0.25) is 4.79 Å². The Balaban J connectivity index is 2.20. The van der Waals surface area contributed by atoms with E-state index < -0.39 is 30.8 Å². The Kier molecular flexibility index (Phi) is 2.60. The lowest BCUT2D eigenvalue weighted by atomic mass is 10.2. The van der Waals surface area contributed by atoms with E-state index in [1.165, 1.54) is 12.1 Å². The predicted octanol–water partition coefficient (Wildman–Crippen LogP) is 2.41. The van der Waals surface area contributed by atoms with Crippen LogP contribution in [-0.4, -0.2) is 35.7 Å². The minimum absolute atomic E-state index is 0.126. The van der Waals surface area contributed by atoms with Gasteiger partial charge in [-0.2, -0.15) is 17.6 Å². The lowest BCUT2D eigenvalue weighted by Crippen LogP contribution is -2.38. The third-order valence-corrected chi connectivity index (χ3v) is 2.62. The maximum atomic E-state index is 12.9. The van der Waals surface area contributed by atoms with Crippen LogP contribution in [0, 0.1) is 0 Å². The average Bonchev–Trinajstić information content (AvgIpc) is 2.48. The van der Waals surface area contributed by atoms with E-state index in [2.05, 4.69) is 0 Å². The number of carbonyl (C=O) groups excluding carboxylic acids is 1. The molecule has 1 fully saturated rings. The Morgan fingerprint density at radius 1 is 1.00 bits per heavy atom. The van der Waals surface area contributed by atoms with Crippen molar-refractivity contribution in [3.63, 3.8) is 0 Å². The molecule has 0 radical (unpaired) electrons. The molecule has 0 unspecified atom stereocenters. The number of rotatable bonds is 1. The van der Waals surface area contributed by atoms with E-state index in [0.717, 1.165) is 0 Å². The molecule has 1 aromatic carbocycles. The Hall–Kier alpha value is -1.59. The number of halogens is 4. The fraction of sp³-hybridized carbons (Fsp3) is 0.364. The van der Waals surface area contributed by atoms with Crippen molar-refractivity contribution in [3.8, 4) is 0 Å². The van der Waals surface area contributed by atoms with Gasteiger partial charge < -0.3 is 4.90 Å². The summed E-state index contributed by atoms with van der Waals surface area (Å²) in [5.41, 5.74) is 0.126. The molecular formula is C11H9F4NO. The van der Waals surface area contributed by atoms with E-state index in [1.807, 2.05) is 0 Å². The fourth-order valence-corrected chi connectivity index (χ4v) is 1.67. The SMILES string of the molecule is O=C(c1ccccc1)N1CC(F)(F)C(F)(F)C1. The van der Waals surface area contributed by atoms with Crippen molar-refractivity contribution >= 4 is 5.91 Å². The van der Waals surface area contributed by atoms with Crippen molar-refractivity contribution in [3.05, 3.63) is 35.9 Å². The first-order valence-electron chi connectivity index (χ1n) is 4.93. The third kappa shape index (κ3) is 1.99. The number of alkyl halides is 4. The van der Waals surface area contributed by atoms with Crippen molar-refractivity contribution in [2.24, 2.45) is 0 Å². The molecule has 1 aliphatic heterocycles. The van der Waals surface area contributed by atoms with Crippen LogP contribution in [0.2, 0.25) is 0 Å². The van der Waals surface area contributed by atoms with Crippen molar-refractivity contribution in [1.82, 2.24) is 4.90 Å². The standard InChI is InChI=1S/C11H9F4NO/c12-10(13)6-16(7-11(10,14)15)9(17)8-4-2-1-3-5-8/h1-5H,6-7H2. The summed E-state index contributed by atoms with van der Waals surface area (Å²) in [4.78, 5) is 12.2. The molecule has 0 N–H and O–H groups in total. The third-order valence-electron chi connectivity index (χ3n) is 2.62. The molecule has 1 heterocycles. The minimum atomic E-state index is -4.16. The smallest absolute Gasteiger partial charge is 0.326 e. The van der Waals surface area contributed by atoms with Gasteiger partial charge in [0.05, 0.1) is 13.1 Å². The minimum Gasteiger partial charge on any atom is -0.326 e. The molecular weight excluding hydrogens is 238 g/mol. The van der Waals surface area contributed by atoms with Crippen LogP contribution in [-0.2, 0) is 0 Å². The number of likely N-dealkylation sites (tertiary alicyclic amines) is 1. The van der Waals surface area contributed by atoms with E-state index in [1.54, 1.807) is 18.2 Å². The number of hydrogen-bond acceptors (Lipinski definition) is 1. The highest BCUT2D eigenvalue weighted by Crippen LogP contribution is 2.41. The van der Waals surface area contributed by atoms with Crippen LogP contribution >= 0.6 is 0 Å². The monoisotopic (exact) mass is 247 g/mol. The molecule has 1 saturated heterocycles. The predicted molar refractivity (Wildman–Crippen MR) is 52.2 cm³/mol. The normalized spacial score (nSPS) is 21.5. The fourth-order valence-electron chi connectivity index (χ4n) is 1.67. The van der Waals surface area contributed by atoms with E-state index in [9.17, 15) is 22.4 Å². The van der Waals surface area contributed by atoms with Gasteiger partial charge in [0.25, 0.3) is 5.91 Å². The van der Waals surface area contributed by atoms with Gasteiger partial charge >= 0.3 is 11.8 Å². The van der Waals surface area contributed by atoms with E-state index in [4.69, 9.17) is 0 Å². The molecule has 17 heavy (non-hydrogen) atoms. The molecule has 0 spiro atoms. The molecule has 0 aromatic heterocycles. The zero-order valence-electron chi connectivity index (χ0n) is 8.67. The van der Waals surface area contributed by atoms with Gasteiger partial charge in [-0.15, -0.1) is 0 Å². The van der Waals surface area contributed by atoms with Crippen LogP contribution in [0.1, 0.15) is 10.4 Å². The Bertz CT molecular complexity index is 416. The van der Waals surface area contributed by atoms with Crippen molar-refractivity contribution in [1.29, 1.82) is 0 Å². The van der Waals surface area contributed by atoms with Crippen LogP contribution < -0.4 is 0 Å². The lowest BCUT2D eigenvalue weighted by Gasteiger charge is -2.14. The highest BCUT2D eigenvalue weighted by Gasteiger charge is 2.63. The van der Waals surface area contributed by atoms with Crippen molar-refractivity contribution < 1.29 is 22.4 Å². The van der Waals surface area contributed by atoms with Crippen LogP contribution in [0.4, 0.5) is 17.6 Å². The van der Waals surface area contributed by atoms with E-state index in [-0.39, 0.29) is 5.56 Å². The first-order chi connectivity index (χ1) is 7.83. The highest BCUT2D eigenvalue weighted by atomic mass is 19.3. The van der Waals surface area contributed by atoms with Crippen molar-refractivity contribution in [2.45, 2.75) is 11.8 Å². The largest absolute Gasteiger partial charge is 0.329 e. The number of carbonyl (C=O) groups is 1. The molecule has 0 bridgehead atoms. The second kappa shape index (κ2) is 3.72. The number of amides is 1. The van der Waals surface area contributed by atoms with Crippen molar-refractivity contribution in [2.75, 3.05) is 13.1 Å². The highest BCUT2D eigenvalue weighted by molar-refractivity contribution is 5.94. The summed E-state index contributed by atoms with van der Waals surface area (Å²) in [5, 5.41) is 0. The molecule has 2 nitrogen and oxygen atoms in total. The summed E-state index contributed by atoms with van der Waals surface area (Å²) in [6, 6.07) is 7.52. The number of nitrogens with zero attached hydrogens (tertiary/aromatic N) is 1. The molecule has 2 rings (SSSR count). The summed E-state index contributed by atoms with van der Waals surface area (Å²) < 4.78 is 51.6. The van der Waals surface area contributed by atoms with E-state index in [0.29, 0.717) is 4.90 Å². The summed E-state index contributed by atoms with van der Waals surface area (Å²) in [7, 11) is 0. The van der Waals surface area contributed by atoms with Crippen LogP contribution in [0.5, 0.6) is 0 Å². The summed E-state index contributed by atoms with van der Waals surface area (Å²) in [5.74, 6) is -9.11. The van der Waals surface area contributed by atoms with Gasteiger partial charge in [0, 0.05) is 5.56 Å². The molecule has 1 aromatic rings. The summed E-state index contributed by atoms with van der Waals surface area (Å²) in [6.45, 7) is -2.48. The maximum Gasteiger partial charge on any atom is 0.329 e. The first-order valence-corrected chi connectivity index (χ1v) is 4.93. The Labute approximate surface area is 94.8 Å². The second-order valence-electron chi connectivity index (χ2n) is 3.94. The Morgan fingerprint density at radius 3 is 1.94 bits per heavy atom. The van der Waals surface area contributed by atoms with E-state index >= 15 is 0 Å². The molecule has 1 amide bonds. The number of benzene rings is 1. The maximum absolute atomic E-state index is 12.9. The van der Waals surface area contributed by atoms with Gasteiger partial charge in [-0.25, -0.2) is 0 Å². The lowest BCUT2D eigenvalue weighted by molar-refractivity contribution is -0.172. The van der Waals surface area contributed by atoms with Gasteiger partial charge in [-0.1, -0.05) is 18.2 Å². The average molecular weight is 247 g/mol. The molecule has 6 heteroatoms. The molecule has 0 aliphatic carbocycles. The molecule has 1 aliphatic rings. The molecule has 0 saturated carbocycles. The molecule has 92 valence electrons. The summed E-state index contributed by atoms with van der Waals surface area (Å²) in [6.07, 6.45) is 0. The molecule has 0 atom stereocenters. The number of hydrogen-bond donors (Lipinski definition) is 0. The van der Waals surface area contributed by atoms with Gasteiger partial charge in [0.2, 0.25) is 0 Å². The van der Waals surface area contributed by atoms with Crippen LogP contribution in [0.15, 0.2) is 30.3 Å². The second-order valence-corrected chi connectivity index (χ2v) is 3.94. The van der Waals surface area contributed by atoms with Gasteiger partial charge in [0.1, 0.15) is 0 Å². The first kappa shape index (κ1) is 11.9. The van der Waals surface area contributed by atoms with Gasteiger partial charge in [0.15, 0.2) is 0 Å².